The molecule has 2 aliphatic rings. The molecule has 2 bridgehead atoms. The molecule has 8 heteroatoms. The molecule has 2 aliphatic heterocycles. The summed E-state index contributed by atoms with van der Waals surface area (Å²) >= 11 is 0. The first-order valence-electron chi connectivity index (χ1n) is 9.23. The van der Waals surface area contributed by atoms with Gasteiger partial charge in [-0.05, 0) is 42.7 Å². The molecule has 146 valence electrons. The quantitative estimate of drug-likeness (QED) is 0.835. The van der Waals surface area contributed by atoms with Crippen LogP contribution in [0.5, 0.6) is 0 Å². The first-order valence-corrected chi connectivity index (χ1v) is 9.23. The Bertz CT molecular complexity index is 1000. The molecule has 3 heterocycles. The molecule has 2 N–H and O–H groups in total. The van der Waals surface area contributed by atoms with Gasteiger partial charge in [0.05, 0.1) is 0 Å². The van der Waals surface area contributed by atoms with Crippen molar-refractivity contribution >= 4 is 23.3 Å². The van der Waals surface area contributed by atoms with Crippen LogP contribution >= 0.6 is 0 Å². The van der Waals surface area contributed by atoms with Crippen molar-refractivity contribution in [1.82, 2.24) is 9.47 Å². The number of pyridine rings is 1. The Morgan fingerprint density at radius 1 is 1.11 bits per heavy atom. The number of carbonyl (C=O) groups excluding carboxylic acids is 2. The molecule has 0 spiro atoms. The number of amides is 3. The zero-order valence-corrected chi connectivity index (χ0v) is 15.4. The topological polar surface area (TPSA) is 83.4 Å². The number of anilines is 2. The van der Waals surface area contributed by atoms with Crippen molar-refractivity contribution in [1.29, 1.82) is 0 Å². The van der Waals surface area contributed by atoms with Crippen molar-refractivity contribution in [3.05, 3.63) is 58.3 Å². The van der Waals surface area contributed by atoms with Crippen LogP contribution in [0, 0.1) is 11.7 Å². The Morgan fingerprint density at radius 2 is 1.93 bits per heavy atom. The second-order valence-electron chi connectivity index (χ2n) is 7.40. The van der Waals surface area contributed by atoms with E-state index in [4.69, 9.17) is 0 Å². The normalized spacial score (nSPS) is 20.3. The minimum Gasteiger partial charge on any atom is -0.342 e. The summed E-state index contributed by atoms with van der Waals surface area (Å²) in [6.45, 7) is 3.35. The van der Waals surface area contributed by atoms with E-state index in [1.165, 1.54) is 18.2 Å². The third-order valence-corrected chi connectivity index (χ3v) is 5.38. The fourth-order valence-electron chi connectivity index (χ4n) is 4.15. The number of likely N-dealkylation sites (tertiary alicyclic amines) is 1. The van der Waals surface area contributed by atoms with E-state index in [1.807, 2.05) is 11.0 Å². The van der Waals surface area contributed by atoms with Gasteiger partial charge in [0.25, 0.3) is 5.56 Å². The highest BCUT2D eigenvalue weighted by atomic mass is 19.1. The number of halogens is 1. The van der Waals surface area contributed by atoms with Crippen LogP contribution in [0.15, 0.2) is 41.2 Å². The number of nitrogens with one attached hydrogen (secondary N) is 2. The van der Waals surface area contributed by atoms with Gasteiger partial charge in [-0.1, -0.05) is 6.07 Å². The number of benzene rings is 1. The third-order valence-electron chi connectivity index (χ3n) is 5.38. The lowest BCUT2D eigenvalue weighted by atomic mass is 9.83. The van der Waals surface area contributed by atoms with Crippen LogP contribution in [0.25, 0.3) is 0 Å². The molecule has 7 nitrogen and oxygen atoms in total. The minimum absolute atomic E-state index is 0.0535. The monoisotopic (exact) mass is 384 g/mol. The molecule has 28 heavy (non-hydrogen) atoms. The van der Waals surface area contributed by atoms with E-state index in [2.05, 4.69) is 10.6 Å². The molecule has 0 saturated carbocycles. The average Bonchev–Trinajstić information content (AvgIpc) is 2.64. The van der Waals surface area contributed by atoms with Crippen LogP contribution in [0.1, 0.15) is 25.0 Å². The molecule has 4 rings (SSSR count). The Morgan fingerprint density at radius 3 is 2.68 bits per heavy atom. The minimum atomic E-state index is -0.609. The number of nitrogens with zero attached hydrogens (tertiary/aromatic N) is 2. The van der Waals surface area contributed by atoms with E-state index >= 15 is 0 Å². The predicted molar refractivity (Wildman–Crippen MR) is 103 cm³/mol. The van der Waals surface area contributed by atoms with Crippen LogP contribution < -0.4 is 16.2 Å². The van der Waals surface area contributed by atoms with E-state index in [9.17, 15) is 18.8 Å². The largest absolute Gasteiger partial charge is 0.342 e. The number of urea groups is 1. The number of piperidine rings is 1. The Kier molecular flexibility index (Phi) is 4.62. The molecule has 1 aromatic heterocycles. The summed E-state index contributed by atoms with van der Waals surface area (Å²) in [6.07, 6.45) is 0.954. The fraction of sp³-hybridized carbons (Fsp3) is 0.350. The molecule has 2 atom stereocenters. The van der Waals surface area contributed by atoms with Gasteiger partial charge in [-0.3, -0.25) is 9.59 Å². The smallest absolute Gasteiger partial charge is 0.323 e. The van der Waals surface area contributed by atoms with Crippen LogP contribution in [0.4, 0.5) is 20.6 Å². The maximum Gasteiger partial charge on any atom is 0.323 e. The summed E-state index contributed by atoms with van der Waals surface area (Å²) in [5, 5.41) is 5.06. The van der Waals surface area contributed by atoms with Crippen LogP contribution in [-0.4, -0.2) is 34.5 Å². The van der Waals surface area contributed by atoms with E-state index in [1.54, 1.807) is 23.6 Å². The number of hydrogen-bond acceptors (Lipinski definition) is 3. The SMILES string of the molecule is CC(=O)N1C[C@@H]2C[C@H](C1)c1ccc(NC(=O)Nc3cccc(F)c3)c(=O)n1C2. The van der Waals surface area contributed by atoms with Crippen molar-refractivity contribution in [2.45, 2.75) is 25.8 Å². The molecule has 3 amide bonds. The molecule has 2 aromatic rings. The van der Waals surface area contributed by atoms with Gasteiger partial charge in [0.2, 0.25) is 5.91 Å². The molecule has 1 fully saturated rings. The van der Waals surface area contributed by atoms with Gasteiger partial charge in [0.15, 0.2) is 0 Å². The lowest BCUT2D eigenvalue weighted by Crippen LogP contribution is -2.48. The molecule has 0 radical (unpaired) electrons. The van der Waals surface area contributed by atoms with Crippen molar-refractivity contribution in [3.8, 4) is 0 Å². The van der Waals surface area contributed by atoms with Crippen LogP contribution in [0.3, 0.4) is 0 Å². The predicted octanol–water partition coefficient (Wildman–Crippen LogP) is 2.60. The first-order chi connectivity index (χ1) is 13.4. The van der Waals surface area contributed by atoms with Gasteiger partial charge in [-0.15, -0.1) is 0 Å². The lowest BCUT2D eigenvalue weighted by molar-refractivity contribution is -0.131. The Balaban J connectivity index is 1.54. The van der Waals surface area contributed by atoms with E-state index < -0.39 is 11.8 Å². The summed E-state index contributed by atoms with van der Waals surface area (Å²) in [5.74, 6) is -0.0564. The van der Waals surface area contributed by atoms with Crippen molar-refractivity contribution in [2.24, 2.45) is 5.92 Å². The number of aromatic nitrogens is 1. The van der Waals surface area contributed by atoms with Gasteiger partial charge in [0.1, 0.15) is 11.5 Å². The molecule has 0 unspecified atom stereocenters. The van der Waals surface area contributed by atoms with Gasteiger partial charge in [-0.25, -0.2) is 9.18 Å². The number of carbonyl (C=O) groups is 2. The third kappa shape index (κ3) is 3.49. The van der Waals surface area contributed by atoms with Gasteiger partial charge in [0, 0.05) is 43.9 Å². The zero-order valence-electron chi connectivity index (χ0n) is 15.4. The highest BCUT2D eigenvalue weighted by molar-refractivity contribution is 5.99. The van der Waals surface area contributed by atoms with Crippen LogP contribution in [0.2, 0.25) is 0 Å². The second-order valence-corrected chi connectivity index (χ2v) is 7.40. The summed E-state index contributed by atoms with van der Waals surface area (Å²) in [6, 6.07) is 8.34. The van der Waals surface area contributed by atoms with Gasteiger partial charge in [-0.2, -0.15) is 0 Å². The summed E-state index contributed by atoms with van der Waals surface area (Å²) < 4.78 is 14.9. The summed E-state index contributed by atoms with van der Waals surface area (Å²) in [7, 11) is 0. The maximum absolute atomic E-state index is 13.2. The van der Waals surface area contributed by atoms with Crippen molar-refractivity contribution < 1.29 is 14.0 Å². The van der Waals surface area contributed by atoms with Gasteiger partial charge < -0.3 is 20.1 Å². The standard InChI is InChI=1S/C20H21FN4O3/c1-12(26)24-9-13-7-14(11-24)18-6-5-17(19(27)25(18)10-13)23-20(28)22-16-4-2-3-15(21)8-16/h2-6,8,13-14H,7,9-11H2,1H3,(H2,22,23,28)/t13-,14+/m0/s1. The van der Waals surface area contributed by atoms with Crippen molar-refractivity contribution in [3.63, 3.8) is 0 Å². The molecule has 1 aromatic carbocycles. The van der Waals surface area contributed by atoms with E-state index in [-0.39, 0.29) is 29.0 Å². The molecule has 0 aliphatic carbocycles. The van der Waals surface area contributed by atoms with Crippen LogP contribution in [-0.2, 0) is 11.3 Å². The zero-order chi connectivity index (χ0) is 19.8. The van der Waals surface area contributed by atoms with Crippen molar-refractivity contribution in [2.75, 3.05) is 23.7 Å². The summed E-state index contributed by atoms with van der Waals surface area (Å²) in [5.41, 5.74) is 1.09. The molecular weight excluding hydrogens is 363 g/mol. The number of hydrogen-bond donors (Lipinski definition) is 2. The fourth-order valence-corrected chi connectivity index (χ4v) is 4.15. The maximum atomic E-state index is 13.2. The average molecular weight is 384 g/mol. The number of rotatable bonds is 2. The summed E-state index contributed by atoms with van der Waals surface area (Å²) in [4.78, 5) is 38.6. The highest BCUT2D eigenvalue weighted by Gasteiger charge is 2.35. The van der Waals surface area contributed by atoms with E-state index in [0.717, 1.165) is 12.1 Å². The molecular formula is C20H21FN4O3. The Hall–Kier alpha value is -3.16. The number of fused-ring (bicyclic) bond motifs is 4. The molecule has 1 saturated heterocycles. The van der Waals surface area contributed by atoms with Gasteiger partial charge >= 0.3 is 6.03 Å². The highest BCUT2D eigenvalue weighted by Crippen LogP contribution is 2.35. The second kappa shape index (κ2) is 7.10. The Labute approximate surface area is 161 Å². The lowest BCUT2D eigenvalue weighted by Gasteiger charge is -2.42. The first kappa shape index (κ1) is 18.2. The van der Waals surface area contributed by atoms with E-state index in [0.29, 0.717) is 25.3 Å².